The van der Waals surface area contributed by atoms with E-state index in [9.17, 15) is 4.79 Å². The number of urea groups is 1. The molecule has 0 aliphatic heterocycles. The van der Waals surface area contributed by atoms with E-state index in [-0.39, 0.29) is 6.03 Å². The number of nitrogens with one attached hydrogen (secondary N) is 2. The van der Waals surface area contributed by atoms with Crippen molar-refractivity contribution in [1.29, 1.82) is 0 Å². The molecule has 2 heterocycles. The lowest BCUT2D eigenvalue weighted by atomic mass is 9.80. The molecule has 2 aromatic heterocycles. The van der Waals surface area contributed by atoms with Crippen molar-refractivity contribution in [1.82, 2.24) is 25.2 Å². The van der Waals surface area contributed by atoms with Crippen molar-refractivity contribution >= 4 is 22.9 Å². The number of hydrogen-bond acceptors (Lipinski definition) is 5. The number of amides is 2. The van der Waals surface area contributed by atoms with Crippen LogP contribution < -0.4 is 21.1 Å². The number of rotatable bonds is 7. The van der Waals surface area contributed by atoms with Crippen molar-refractivity contribution in [2.24, 2.45) is 5.92 Å². The van der Waals surface area contributed by atoms with Gasteiger partial charge in [-0.15, -0.1) is 0 Å². The molecular weight excluding hydrogens is 428 g/mol. The lowest BCUT2D eigenvalue weighted by Crippen LogP contribution is -2.40. The van der Waals surface area contributed by atoms with Crippen LogP contribution in [0.15, 0.2) is 67.1 Å². The predicted octanol–water partition coefficient (Wildman–Crippen LogP) is 4.14. The monoisotopic (exact) mass is 456 g/mol. The summed E-state index contributed by atoms with van der Waals surface area (Å²) in [6.45, 7) is 1.17. The fourth-order valence-corrected chi connectivity index (χ4v) is 4.52. The Kier molecular flexibility index (Phi) is 6.03. The number of aromatic nitrogens is 3. The van der Waals surface area contributed by atoms with E-state index >= 15 is 0 Å². The minimum absolute atomic E-state index is 0.146. The summed E-state index contributed by atoms with van der Waals surface area (Å²) in [6, 6.07) is 18.3. The molecule has 0 spiro atoms. The Bertz CT molecular complexity index is 1300. The van der Waals surface area contributed by atoms with E-state index in [1.807, 2.05) is 48.5 Å². The molecule has 2 aromatic carbocycles. The Morgan fingerprint density at radius 3 is 2.76 bits per heavy atom. The first-order chi connectivity index (χ1) is 16.6. The number of carbonyl (C=O) groups is 1. The summed E-state index contributed by atoms with van der Waals surface area (Å²) in [6.07, 6.45) is 5.58. The molecule has 4 aromatic rings. The Balaban J connectivity index is 1.39. The van der Waals surface area contributed by atoms with Crippen molar-refractivity contribution in [3.63, 3.8) is 0 Å². The van der Waals surface area contributed by atoms with Gasteiger partial charge in [-0.05, 0) is 42.0 Å². The Morgan fingerprint density at radius 1 is 1.15 bits per heavy atom. The number of carbonyl (C=O) groups excluding carboxylic acids is 1. The molecule has 0 atom stereocenters. The van der Waals surface area contributed by atoms with Gasteiger partial charge in [0, 0.05) is 31.4 Å². The first-order valence-corrected chi connectivity index (χ1v) is 11.5. The Labute approximate surface area is 198 Å². The molecule has 0 bridgehead atoms. The maximum atomic E-state index is 11.5. The third-order valence-corrected chi connectivity index (χ3v) is 6.41. The number of benzene rings is 2. The second-order valence-electron chi connectivity index (χ2n) is 8.66. The van der Waals surface area contributed by atoms with Crippen LogP contribution in [0.4, 0.5) is 10.6 Å². The van der Waals surface area contributed by atoms with Crippen LogP contribution >= 0.6 is 0 Å². The molecule has 1 aliphatic rings. The molecule has 1 saturated carbocycles. The quantitative estimate of drug-likeness (QED) is 0.387. The zero-order valence-electron chi connectivity index (χ0n) is 19.1. The van der Waals surface area contributed by atoms with Crippen LogP contribution in [0, 0.1) is 5.92 Å². The number of nitrogen functional groups attached to an aromatic ring is 1. The van der Waals surface area contributed by atoms with Gasteiger partial charge >= 0.3 is 6.03 Å². The van der Waals surface area contributed by atoms with E-state index in [4.69, 9.17) is 10.5 Å². The van der Waals surface area contributed by atoms with Crippen molar-refractivity contribution in [2.75, 3.05) is 19.3 Å². The summed E-state index contributed by atoms with van der Waals surface area (Å²) >= 11 is 0. The van der Waals surface area contributed by atoms with Gasteiger partial charge in [0.2, 0.25) is 0 Å². The summed E-state index contributed by atoms with van der Waals surface area (Å²) in [4.78, 5) is 20.3. The van der Waals surface area contributed by atoms with Gasteiger partial charge < -0.3 is 25.7 Å². The lowest BCUT2D eigenvalue weighted by molar-refractivity contribution is 0.193. The molecule has 174 valence electrons. The highest BCUT2D eigenvalue weighted by Crippen LogP contribution is 2.42. The first kappa shape index (κ1) is 21.8. The van der Waals surface area contributed by atoms with Gasteiger partial charge in [-0.2, -0.15) is 0 Å². The fraction of sp³-hybridized carbons (Fsp3) is 0.269. The topological polar surface area (TPSA) is 107 Å². The SMILES string of the molecule is CNC(=O)NC[C@H]1C[C@H](n2cc(-c3cccc(OCc4ccccc4)c3)c3c(N)ncnc32)C1. The van der Waals surface area contributed by atoms with E-state index in [2.05, 4.69) is 37.4 Å². The fourth-order valence-electron chi connectivity index (χ4n) is 4.52. The third-order valence-electron chi connectivity index (χ3n) is 6.41. The van der Waals surface area contributed by atoms with E-state index in [0.29, 0.717) is 30.9 Å². The van der Waals surface area contributed by atoms with E-state index in [1.165, 1.54) is 6.33 Å². The minimum Gasteiger partial charge on any atom is -0.489 e. The van der Waals surface area contributed by atoms with Crippen LogP contribution in [0.1, 0.15) is 24.4 Å². The van der Waals surface area contributed by atoms with Gasteiger partial charge in [-0.25, -0.2) is 14.8 Å². The van der Waals surface area contributed by atoms with Crippen LogP contribution in [0.2, 0.25) is 0 Å². The maximum Gasteiger partial charge on any atom is 0.314 e. The van der Waals surface area contributed by atoms with E-state index < -0.39 is 0 Å². The molecule has 5 rings (SSSR count). The number of nitrogens with zero attached hydrogens (tertiary/aromatic N) is 3. The number of hydrogen-bond donors (Lipinski definition) is 3. The Morgan fingerprint density at radius 2 is 1.97 bits per heavy atom. The highest BCUT2D eigenvalue weighted by Gasteiger charge is 2.32. The highest BCUT2D eigenvalue weighted by molar-refractivity contribution is 6.00. The summed E-state index contributed by atoms with van der Waals surface area (Å²) in [5.74, 6) is 1.70. The number of ether oxygens (including phenoxy) is 1. The lowest BCUT2D eigenvalue weighted by Gasteiger charge is -2.36. The zero-order valence-corrected chi connectivity index (χ0v) is 19.1. The number of fused-ring (bicyclic) bond motifs is 1. The second-order valence-corrected chi connectivity index (χ2v) is 8.66. The van der Waals surface area contributed by atoms with Gasteiger partial charge in [0.25, 0.3) is 0 Å². The molecule has 34 heavy (non-hydrogen) atoms. The molecule has 1 aliphatic carbocycles. The summed E-state index contributed by atoms with van der Waals surface area (Å²) in [5, 5.41) is 6.34. The van der Waals surface area contributed by atoms with E-state index in [0.717, 1.165) is 46.3 Å². The van der Waals surface area contributed by atoms with Crippen LogP contribution in [0.3, 0.4) is 0 Å². The molecule has 1 fully saturated rings. The van der Waals surface area contributed by atoms with Crippen LogP contribution in [-0.2, 0) is 6.61 Å². The van der Waals surface area contributed by atoms with Crippen molar-refractivity contribution in [3.05, 3.63) is 72.7 Å². The standard InChI is InChI=1S/C26H28N6O2/c1-28-26(33)29-13-18-10-20(11-18)32-14-22(23-24(27)30-16-31-25(23)32)19-8-5-9-21(12-19)34-15-17-6-3-2-4-7-17/h2-9,12,14,16,18,20H,10-11,13,15H2,1H3,(H2,27,30,31)(H2,28,29,33)/t18-,20-. The molecular formula is C26H28N6O2. The van der Waals surface area contributed by atoms with Gasteiger partial charge in [-0.3, -0.25) is 0 Å². The molecule has 0 saturated heterocycles. The minimum atomic E-state index is -0.146. The molecule has 4 N–H and O–H groups in total. The smallest absolute Gasteiger partial charge is 0.314 e. The largest absolute Gasteiger partial charge is 0.489 e. The number of nitrogens with two attached hydrogens (primary N) is 1. The predicted molar refractivity (Wildman–Crippen MR) is 132 cm³/mol. The summed E-state index contributed by atoms with van der Waals surface area (Å²) in [5.41, 5.74) is 10.3. The number of anilines is 1. The van der Waals surface area contributed by atoms with Crippen molar-refractivity contribution in [2.45, 2.75) is 25.5 Å². The van der Waals surface area contributed by atoms with Crippen LogP contribution in [0.25, 0.3) is 22.2 Å². The van der Waals surface area contributed by atoms with Gasteiger partial charge in [-0.1, -0.05) is 42.5 Å². The Hall–Kier alpha value is -4.07. The first-order valence-electron chi connectivity index (χ1n) is 11.5. The van der Waals surface area contributed by atoms with Gasteiger partial charge in [0.05, 0.1) is 5.39 Å². The van der Waals surface area contributed by atoms with Crippen LogP contribution in [-0.4, -0.2) is 34.2 Å². The normalized spacial score (nSPS) is 17.2. The summed E-state index contributed by atoms with van der Waals surface area (Å²) < 4.78 is 8.25. The summed E-state index contributed by atoms with van der Waals surface area (Å²) in [7, 11) is 1.62. The molecule has 2 amide bonds. The van der Waals surface area contributed by atoms with E-state index in [1.54, 1.807) is 7.05 Å². The van der Waals surface area contributed by atoms with Gasteiger partial charge in [0.15, 0.2) is 0 Å². The van der Waals surface area contributed by atoms with Gasteiger partial charge in [0.1, 0.15) is 30.1 Å². The average molecular weight is 457 g/mol. The molecule has 8 nitrogen and oxygen atoms in total. The molecule has 8 heteroatoms. The second kappa shape index (κ2) is 9.43. The van der Waals surface area contributed by atoms with Crippen LogP contribution in [0.5, 0.6) is 5.75 Å². The third kappa shape index (κ3) is 4.39. The average Bonchev–Trinajstić information content (AvgIpc) is 3.23. The maximum absolute atomic E-state index is 11.5. The molecule has 0 unspecified atom stereocenters. The zero-order chi connectivity index (χ0) is 23.5. The van der Waals surface area contributed by atoms with Crippen molar-refractivity contribution < 1.29 is 9.53 Å². The van der Waals surface area contributed by atoms with Crippen molar-refractivity contribution in [3.8, 4) is 16.9 Å². The highest BCUT2D eigenvalue weighted by atomic mass is 16.5. The molecule has 0 radical (unpaired) electrons.